The summed E-state index contributed by atoms with van der Waals surface area (Å²) < 4.78 is 0. The molecule has 1 nitrogen and oxygen atoms in total. The van der Waals surface area contributed by atoms with Crippen molar-refractivity contribution in [3.63, 3.8) is 0 Å². The summed E-state index contributed by atoms with van der Waals surface area (Å²) in [5.41, 5.74) is 0.00481. The molecule has 1 aliphatic rings. The quantitative estimate of drug-likeness (QED) is 0.617. The maximum absolute atomic E-state index is 11.6. The lowest BCUT2D eigenvalue weighted by molar-refractivity contribution is 0.0917. The van der Waals surface area contributed by atoms with Gasteiger partial charge in [-0.3, -0.25) is 4.79 Å². The van der Waals surface area contributed by atoms with Crippen LogP contribution in [0.25, 0.3) is 0 Å². The third-order valence-electron chi connectivity index (χ3n) is 2.29. The molecule has 58 valence electrons. The standard InChI is InChI=1S/C9H10OS/c1-9(4-5-9)8(10)7-3-2-6-11-7/h2-3,6H,4-5H2,1H3. The van der Waals surface area contributed by atoms with E-state index in [1.165, 1.54) is 0 Å². The van der Waals surface area contributed by atoms with E-state index in [2.05, 4.69) is 6.92 Å². The van der Waals surface area contributed by atoms with Crippen LogP contribution in [0.2, 0.25) is 0 Å². The molecular formula is C9H10OS. The fourth-order valence-electron chi connectivity index (χ4n) is 1.12. The summed E-state index contributed by atoms with van der Waals surface area (Å²) in [5.74, 6) is 0.340. The highest BCUT2D eigenvalue weighted by molar-refractivity contribution is 7.12. The predicted octanol–water partition coefficient (Wildman–Crippen LogP) is 2.73. The first-order valence-electron chi connectivity index (χ1n) is 3.81. The molecule has 0 amide bonds. The molecule has 1 heterocycles. The van der Waals surface area contributed by atoms with Crippen molar-refractivity contribution in [1.82, 2.24) is 0 Å². The molecule has 0 spiro atoms. The molecule has 0 saturated heterocycles. The van der Waals surface area contributed by atoms with Crippen molar-refractivity contribution in [2.45, 2.75) is 19.8 Å². The zero-order valence-electron chi connectivity index (χ0n) is 6.46. The summed E-state index contributed by atoms with van der Waals surface area (Å²) in [6.45, 7) is 2.05. The minimum atomic E-state index is 0.00481. The summed E-state index contributed by atoms with van der Waals surface area (Å²) in [7, 11) is 0. The molecule has 1 aliphatic carbocycles. The fourth-order valence-corrected chi connectivity index (χ4v) is 1.93. The van der Waals surface area contributed by atoms with Crippen molar-refractivity contribution in [3.05, 3.63) is 22.4 Å². The number of rotatable bonds is 2. The Balaban J connectivity index is 2.24. The molecule has 0 aromatic carbocycles. The minimum Gasteiger partial charge on any atom is -0.293 e. The van der Waals surface area contributed by atoms with Crippen LogP contribution in [0.5, 0.6) is 0 Å². The second-order valence-corrected chi connectivity index (χ2v) is 4.31. The van der Waals surface area contributed by atoms with Gasteiger partial charge < -0.3 is 0 Å². The third-order valence-corrected chi connectivity index (χ3v) is 3.16. The van der Waals surface area contributed by atoms with Gasteiger partial charge in [0.25, 0.3) is 0 Å². The number of carbonyl (C=O) groups excluding carboxylic acids is 1. The third kappa shape index (κ3) is 1.11. The van der Waals surface area contributed by atoms with Gasteiger partial charge in [0.05, 0.1) is 4.88 Å². The highest BCUT2D eigenvalue weighted by atomic mass is 32.1. The van der Waals surface area contributed by atoms with Gasteiger partial charge in [-0.15, -0.1) is 11.3 Å². The van der Waals surface area contributed by atoms with Gasteiger partial charge in [-0.1, -0.05) is 13.0 Å². The Morgan fingerprint density at radius 2 is 2.36 bits per heavy atom. The van der Waals surface area contributed by atoms with E-state index in [-0.39, 0.29) is 5.41 Å². The molecule has 0 N–H and O–H groups in total. The van der Waals surface area contributed by atoms with Crippen LogP contribution >= 0.6 is 11.3 Å². The normalized spacial score (nSPS) is 19.7. The Labute approximate surface area is 70.1 Å². The largest absolute Gasteiger partial charge is 0.293 e. The zero-order valence-corrected chi connectivity index (χ0v) is 7.28. The molecule has 1 aromatic heterocycles. The Hall–Kier alpha value is -0.630. The van der Waals surface area contributed by atoms with E-state index in [1.807, 2.05) is 17.5 Å². The molecule has 1 fully saturated rings. The Morgan fingerprint density at radius 3 is 2.82 bits per heavy atom. The minimum absolute atomic E-state index is 0.00481. The molecule has 2 rings (SSSR count). The lowest BCUT2D eigenvalue weighted by Gasteiger charge is -2.02. The van der Waals surface area contributed by atoms with Gasteiger partial charge in [-0.05, 0) is 24.3 Å². The van der Waals surface area contributed by atoms with Crippen LogP contribution in [0.15, 0.2) is 17.5 Å². The van der Waals surface area contributed by atoms with Gasteiger partial charge >= 0.3 is 0 Å². The van der Waals surface area contributed by atoms with E-state index < -0.39 is 0 Å². The molecule has 0 radical (unpaired) electrons. The molecule has 1 saturated carbocycles. The van der Waals surface area contributed by atoms with Crippen molar-refractivity contribution in [2.24, 2.45) is 5.41 Å². The van der Waals surface area contributed by atoms with E-state index in [0.29, 0.717) is 5.78 Å². The summed E-state index contributed by atoms with van der Waals surface area (Å²) in [5, 5.41) is 1.96. The monoisotopic (exact) mass is 166 g/mol. The van der Waals surface area contributed by atoms with E-state index in [9.17, 15) is 4.79 Å². The zero-order chi connectivity index (χ0) is 7.90. The van der Waals surface area contributed by atoms with E-state index in [0.717, 1.165) is 17.7 Å². The number of hydrogen-bond donors (Lipinski definition) is 0. The molecule has 11 heavy (non-hydrogen) atoms. The topological polar surface area (TPSA) is 17.1 Å². The summed E-state index contributed by atoms with van der Waals surface area (Å²) >= 11 is 1.55. The van der Waals surface area contributed by atoms with Gasteiger partial charge in [-0.2, -0.15) is 0 Å². The average Bonchev–Trinajstić information content (AvgIpc) is 2.54. The summed E-state index contributed by atoms with van der Waals surface area (Å²) in [4.78, 5) is 12.5. The maximum Gasteiger partial charge on any atom is 0.178 e. The lowest BCUT2D eigenvalue weighted by atomic mass is 10.0. The van der Waals surface area contributed by atoms with Crippen molar-refractivity contribution in [2.75, 3.05) is 0 Å². The first kappa shape index (κ1) is 7.04. The summed E-state index contributed by atoms with van der Waals surface area (Å²) in [6, 6.07) is 3.85. The maximum atomic E-state index is 11.6. The smallest absolute Gasteiger partial charge is 0.178 e. The number of thiophene rings is 1. The molecule has 2 heteroatoms. The van der Waals surface area contributed by atoms with Crippen molar-refractivity contribution in [3.8, 4) is 0 Å². The predicted molar refractivity (Wildman–Crippen MR) is 46.0 cm³/mol. The average molecular weight is 166 g/mol. The van der Waals surface area contributed by atoms with Crippen LogP contribution in [-0.2, 0) is 0 Å². The Bertz CT molecular complexity index is 270. The van der Waals surface area contributed by atoms with Crippen LogP contribution in [0, 0.1) is 5.41 Å². The van der Waals surface area contributed by atoms with Crippen LogP contribution in [-0.4, -0.2) is 5.78 Å². The van der Waals surface area contributed by atoms with E-state index in [4.69, 9.17) is 0 Å². The highest BCUT2D eigenvalue weighted by Gasteiger charge is 2.45. The highest BCUT2D eigenvalue weighted by Crippen LogP contribution is 2.47. The van der Waals surface area contributed by atoms with Crippen molar-refractivity contribution in [1.29, 1.82) is 0 Å². The first-order valence-corrected chi connectivity index (χ1v) is 4.69. The van der Waals surface area contributed by atoms with Gasteiger partial charge in [-0.25, -0.2) is 0 Å². The number of hydrogen-bond acceptors (Lipinski definition) is 2. The molecule has 0 bridgehead atoms. The van der Waals surface area contributed by atoms with Crippen molar-refractivity contribution >= 4 is 17.1 Å². The van der Waals surface area contributed by atoms with Crippen LogP contribution < -0.4 is 0 Å². The molecular weight excluding hydrogens is 156 g/mol. The number of carbonyl (C=O) groups is 1. The molecule has 1 aromatic rings. The molecule has 0 aliphatic heterocycles. The van der Waals surface area contributed by atoms with Gasteiger partial charge in [0.15, 0.2) is 5.78 Å². The number of Topliss-reactive ketones (excluding diaryl/α,β-unsaturated/α-hetero) is 1. The second kappa shape index (κ2) is 2.18. The first-order chi connectivity index (χ1) is 5.22. The Kier molecular flexibility index (Phi) is 1.39. The molecule has 0 unspecified atom stereocenters. The molecule has 0 atom stereocenters. The van der Waals surface area contributed by atoms with Crippen LogP contribution in [0.4, 0.5) is 0 Å². The lowest BCUT2D eigenvalue weighted by Crippen LogP contribution is -2.09. The van der Waals surface area contributed by atoms with Crippen molar-refractivity contribution < 1.29 is 4.79 Å². The van der Waals surface area contributed by atoms with Crippen LogP contribution in [0.1, 0.15) is 29.4 Å². The number of ketones is 1. The fraction of sp³-hybridized carbons (Fsp3) is 0.444. The van der Waals surface area contributed by atoms with Crippen LogP contribution in [0.3, 0.4) is 0 Å². The van der Waals surface area contributed by atoms with Gasteiger partial charge in [0.1, 0.15) is 0 Å². The van der Waals surface area contributed by atoms with E-state index >= 15 is 0 Å². The van der Waals surface area contributed by atoms with Gasteiger partial charge in [0, 0.05) is 5.41 Å². The SMILES string of the molecule is CC1(C(=O)c2cccs2)CC1. The Morgan fingerprint density at radius 1 is 1.64 bits per heavy atom. The second-order valence-electron chi connectivity index (χ2n) is 3.37. The van der Waals surface area contributed by atoms with E-state index in [1.54, 1.807) is 11.3 Å². The van der Waals surface area contributed by atoms with Gasteiger partial charge in [0.2, 0.25) is 0 Å². The summed E-state index contributed by atoms with van der Waals surface area (Å²) in [6.07, 6.45) is 2.15.